The minimum absolute atomic E-state index is 0.320. The summed E-state index contributed by atoms with van der Waals surface area (Å²) in [6.07, 6.45) is 0. The van der Waals surface area contributed by atoms with Crippen molar-refractivity contribution in [1.29, 1.82) is 0 Å². The highest BCUT2D eigenvalue weighted by molar-refractivity contribution is 5.27. The van der Waals surface area contributed by atoms with Crippen LogP contribution in [-0.2, 0) is 0 Å². The van der Waals surface area contributed by atoms with E-state index in [1.54, 1.807) is 12.1 Å². The van der Waals surface area contributed by atoms with Gasteiger partial charge < -0.3 is 10.4 Å². The predicted octanol–water partition coefficient (Wildman–Crippen LogP) is 2.45. The predicted molar refractivity (Wildman–Crippen MR) is 54.8 cm³/mol. The molecular weight excluding hydrogens is 162 g/mol. The lowest BCUT2D eigenvalue weighted by Gasteiger charge is -2.16. The third-order valence-electron chi connectivity index (χ3n) is 1.98. The molecule has 0 bridgehead atoms. The Morgan fingerprint density at radius 2 is 1.62 bits per heavy atom. The van der Waals surface area contributed by atoms with E-state index in [4.69, 9.17) is 5.11 Å². The molecule has 2 heteroatoms. The summed E-state index contributed by atoms with van der Waals surface area (Å²) >= 11 is 0. The second-order valence-corrected chi connectivity index (χ2v) is 3.63. The molecule has 0 spiro atoms. The van der Waals surface area contributed by atoms with Crippen LogP contribution in [0.4, 0.5) is 0 Å². The van der Waals surface area contributed by atoms with Crippen LogP contribution in [0.2, 0.25) is 0 Å². The van der Waals surface area contributed by atoms with Gasteiger partial charge in [0.1, 0.15) is 5.75 Å². The van der Waals surface area contributed by atoms with Gasteiger partial charge in [-0.2, -0.15) is 0 Å². The first kappa shape index (κ1) is 10.1. The van der Waals surface area contributed by atoms with E-state index in [1.807, 2.05) is 12.1 Å². The lowest BCUT2D eigenvalue weighted by atomic mass is 10.1. The Balaban J connectivity index is 2.66. The number of phenols is 1. The Morgan fingerprint density at radius 3 is 2.08 bits per heavy atom. The summed E-state index contributed by atoms with van der Waals surface area (Å²) in [7, 11) is 0. The summed E-state index contributed by atoms with van der Waals surface area (Å²) in [4.78, 5) is 0. The molecule has 0 aliphatic heterocycles. The highest BCUT2D eigenvalue weighted by Crippen LogP contribution is 2.16. The molecule has 2 nitrogen and oxygen atoms in total. The van der Waals surface area contributed by atoms with Crippen LogP contribution in [0.3, 0.4) is 0 Å². The van der Waals surface area contributed by atoms with Crippen molar-refractivity contribution >= 4 is 0 Å². The van der Waals surface area contributed by atoms with Crippen LogP contribution in [0, 0.1) is 0 Å². The van der Waals surface area contributed by atoms with Crippen LogP contribution in [0.1, 0.15) is 32.4 Å². The SMILES string of the molecule is CC(C)NC(C)c1ccc(O)cc1. The van der Waals surface area contributed by atoms with Gasteiger partial charge in [0.2, 0.25) is 0 Å². The smallest absolute Gasteiger partial charge is 0.115 e. The largest absolute Gasteiger partial charge is 0.508 e. The zero-order chi connectivity index (χ0) is 9.84. The molecule has 0 aliphatic rings. The summed E-state index contributed by atoms with van der Waals surface area (Å²) in [5.74, 6) is 0.320. The molecule has 0 saturated carbocycles. The summed E-state index contributed by atoms with van der Waals surface area (Å²) in [5, 5.41) is 12.5. The molecule has 1 aromatic rings. The van der Waals surface area contributed by atoms with E-state index in [0.29, 0.717) is 17.8 Å². The Kier molecular flexibility index (Phi) is 3.32. The molecule has 0 aliphatic carbocycles. The Labute approximate surface area is 79.6 Å². The Hall–Kier alpha value is -1.02. The van der Waals surface area contributed by atoms with Gasteiger partial charge in [0.25, 0.3) is 0 Å². The average molecular weight is 179 g/mol. The van der Waals surface area contributed by atoms with Crippen molar-refractivity contribution in [2.24, 2.45) is 0 Å². The first-order valence-electron chi connectivity index (χ1n) is 4.64. The minimum Gasteiger partial charge on any atom is -0.508 e. The summed E-state index contributed by atoms with van der Waals surface area (Å²) in [6, 6.07) is 8.12. The molecule has 1 rings (SSSR count). The quantitative estimate of drug-likeness (QED) is 0.747. The maximum Gasteiger partial charge on any atom is 0.115 e. The molecule has 1 atom stereocenters. The standard InChI is InChI=1S/C11H17NO/c1-8(2)12-9(3)10-4-6-11(13)7-5-10/h4-9,12-13H,1-3H3. The third kappa shape index (κ3) is 3.07. The molecule has 0 heterocycles. The molecule has 0 saturated heterocycles. The number of hydrogen-bond donors (Lipinski definition) is 2. The van der Waals surface area contributed by atoms with E-state index in [0.717, 1.165) is 0 Å². The molecule has 13 heavy (non-hydrogen) atoms. The number of hydrogen-bond acceptors (Lipinski definition) is 2. The van der Waals surface area contributed by atoms with Crippen LogP contribution in [0.5, 0.6) is 5.75 Å². The molecule has 1 aromatic carbocycles. The summed E-state index contributed by atoms with van der Waals surface area (Å²) < 4.78 is 0. The van der Waals surface area contributed by atoms with Gasteiger partial charge in [-0.05, 0) is 24.6 Å². The van der Waals surface area contributed by atoms with Gasteiger partial charge in [0.05, 0.1) is 0 Å². The highest BCUT2D eigenvalue weighted by Gasteiger charge is 2.05. The van der Waals surface area contributed by atoms with Crippen LogP contribution >= 0.6 is 0 Å². The summed E-state index contributed by atoms with van der Waals surface area (Å²) in [5.41, 5.74) is 1.20. The number of rotatable bonds is 3. The number of nitrogens with one attached hydrogen (secondary N) is 1. The van der Waals surface area contributed by atoms with Crippen molar-refractivity contribution in [2.45, 2.75) is 32.9 Å². The van der Waals surface area contributed by atoms with E-state index < -0.39 is 0 Å². The lowest BCUT2D eigenvalue weighted by molar-refractivity contribution is 0.473. The Bertz CT molecular complexity index is 253. The fraction of sp³-hybridized carbons (Fsp3) is 0.455. The fourth-order valence-electron chi connectivity index (χ4n) is 1.36. The van der Waals surface area contributed by atoms with Crippen LogP contribution in [-0.4, -0.2) is 11.1 Å². The molecule has 1 unspecified atom stereocenters. The topological polar surface area (TPSA) is 32.3 Å². The molecule has 0 amide bonds. The van der Waals surface area contributed by atoms with Gasteiger partial charge in [0.15, 0.2) is 0 Å². The van der Waals surface area contributed by atoms with Gasteiger partial charge in [-0.25, -0.2) is 0 Å². The van der Waals surface area contributed by atoms with Crippen molar-refractivity contribution in [1.82, 2.24) is 5.32 Å². The van der Waals surface area contributed by atoms with E-state index >= 15 is 0 Å². The van der Waals surface area contributed by atoms with Crippen molar-refractivity contribution in [2.75, 3.05) is 0 Å². The zero-order valence-corrected chi connectivity index (χ0v) is 8.41. The Morgan fingerprint density at radius 1 is 1.08 bits per heavy atom. The third-order valence-corrected chi connectivity index (χ3v) is 1.98. The fourth-order valence-corrected chi connectivity index (χ4v) is 1.36. The summed E-state index contributed by atoms with van der Waals surface area (Å²) in [6.45, 7) is 6.36. The lowest BCUT2D eigenvalue weighted by Crippen LogP contribution is -2.25. The van der Waals surface area contributed by atoms with Gasteiger partial charge in [0, 0.05) is 12.1 Å². The molecule has 72 valence electrons. The van der Waals surface area contributed by atoms with Crippen molar-refractivity contribution < 1.29 is 5.11 Å². The second kappa shape index (κ2) is 4.28. The number of aromatic hydroxyl groups is 1. The van der Waals surface area contributed by atoms with E-state index in [2.05, 4.69) is 26.1 Å². The monoisotopic (exact) mass is 179 g/mol. The van der Waals surface area contributed by atoms with Crippen LogP contribution in [0.15, 0.2) is 24.3 Å². The van der Waals surface area contributed by atoms with Crippen LogP contribution in [0.25, 0.3) is 0 Å². The maximum atomic E-state index is 9.10. The van der Waals surface area contributed by atoms with Gasteiger partial charge in [-0.1, -0.05) is 26.0 Å². The highest BCUT2D eigenvalue weighted by atomic mass is 16.3. The van der Waals surface area contributed by atoms with E-state index in [-0.39, 0.29) is 0 Å². The van der Waals surface area contributed by atoms with Crippen LogP contribution < -0.4 is 5.32 Å². The average Bonchev–Trinajstić information content (AvgIpc) is 2.04. The van der Waals surface area contributed by atoms with Gasteiger partial charge in [-0.15, -0.1) is 0 Å². The van der Waals surface area contributed by atoms with Crippen molar-refractivity contribution in [3.63, 3.8) is 0 Å². The van der Waals surface area contributed by atoms with Crippen molar-refractivity contribution in [3.05, 3.63) is 29.8 Å². The molecule has 2 N–H and O–H groups in total. The van der Waals surface area contributed by atoms with Crippen molar-refractivity contribution in [3.8, 4) is 5.75 Å². The zero-order valence-electron chi connectivity index (χ0n) is 8.41. The van der Waals surface area contributed by atoms with Gasteiger partial charge >= 0.3 is 0 Å². The normalized spacial score (nSPS) is 13.2. The molecular formula is C11H17NO. The second-order valence-electron chi connectivity index (χ2n) is 3.63. The first-order valence-corrected chi connectivity index (χ1v) is 4.64. The minimum atomic E-state index is 0.320. The van der Waals surface area contributed by atoms with Gasteiger partial charge in [-0.3, -0.25) is 0 Å². The maximum absolute atomic E-state index is 9.10. The molecule has 0 aromatic heterocycles. The number of phenolic OH excluding ortho intramolecular Hbond substituents is 1. The first-order chi connectivity index (χ1) is 6.09. The molecule has 0 radical (unpaired) electrons. The van der Waals surface area contributed by atoms with E-state index in [9.17, 15) is 0 Å². The number of benzene rings is 1. The van der Waals surface area contributed by atoms with E-state index in [1.165, 1.54) is 5.56 Å². The molecule has 0 fully saturated rings.